The van der Waals surface area contributed by atoms with Crippen LogP contribution in [-0.2, 0) is 11.8 Å². The van der Waals surface area contributed by atoms with Gasteiger partial charge in [-0.25, -0.2) is 5.01 Å². The molecule has 9 heteroatoms. The molecule has 4 aromatic rings. The number of aromatic nitrogens is 3. The maximum absolute atomic E-state index is 13.2. The molecule has 0 saturated heterocycles. The Morgan fingerprint density at radius 2 is 1.91 bits per heavy atom. The van der Waals surface area contributed by atoms with Crippen molar-refractivity contribution < 1.29 is 4.79 Å². The van der Waals surface area contributed by atoms with Gasteiger partial charge in [0.15, 0.2) is 11.0 Å². The van der Waals surface area contributed by atoms with Gasteiger partial charge in [-0.15, -0.1) is 32.9 Å². The van der Waals surface area contributed by atoms with E-state index < -0.39 is 0 Å². The first-order valence-corrected chi connectivity index (χ1v) is 12.9. The van der Waals surface area contributed by atoms with Gasteiger partial charge in [0, 0.05) is 23.9 Å². The Morgan fingerprint density at radius 1 is 1.09 bits per heavy atom. The van der Waals surface area contributed by atoms with Crippen molar-refractivity contribution in [2.45, 2.75) is 24.5 Å². The minimum absolute atomic E-state index is 0.0274. The Morgan fingerprint density at radius 3 is 2.66 bits per heavy atom. The van der Waals surface area contributed by atoms with Crippen LogP contribution in [0, 0.1) is 6.92 Å². The quantitative estimate of drug-likeness (QED) is 0.348. The highest BCUT2D eigenvalue weighted by molar-refractivity contribution is 7.99. The number of nitrogens with zero attached hydrogens (tertiary/aromatic N) is 5. The van der Waals surface area contributed by atoms with Crippen molar-refractivity contribution in [2.24, 2.45) is 12.1 Å². The highest BCUT2D eigenvalue weighted by Gasteiger charge is 2.34. The largest absolute Gasteiger partial charge is 0.305 e. The van der Waals surface area contributed by atoms with Gasteiger partial charge in [-0.2, -0.15) is 5.10 Å². The van der Waals surface area contributed by atoms with Crippen LogP contribution in [0.15, 0.2) is 69.5 Å². The van der Waals surface area contributed by atoms with Crippen molar-refractivity contribution in [3.05, 3.63) is 74.6 Å². The lowest BCUT2D eigenvalue weighted by atomic mass is 10.1. The van der Waals surface area contributed by atoms with E-state index in [0.29, 0.717) is 5.16 Å². The zero-order valence-electron chi connectivity index (χ0n) is 17.6. The molecule has 1 atom stereocenters. The van der Waals surface area contributed by atoms with Crippen LogP contribution in [0.4, 0.5) is 0 Å². The van der Waals surface area contributed by atoms with Crippen LogP contribution in [0.25, 0.3) is 11.4 Å². The third kappa shape index (κ3) is 4.03. The molecule has 5 rings (SSSR count). The molecule has 6 nitrogen and oxygen atoms in total. The Hall–Kier alpha value is -2.75. The van der Waals surface area contributed by atoms with Crippen molar-refractivity contribution in [1.29, 1.82) is 0 Å². The van der Waals surface area contributed by atoms with Crippen LogP contribution in [0.3, 0.4) is 0 Å². The second-order valence-corrected chi connectivity index (χ2v) is 10.3. The first kappa shape index (κ1) is 21.1. The first-order chi connectivity index (χ1) is 15.6. The van der Waals surface area contributed by atoms with E-state index in [-0.39, 0.29) is 17.7 Å². The molecule has 1 aliphatic rings. The number of hydrazone groups is 1. The molecule has 1 aliphatic heterocycles. The second kappa shape index (κ2) is 9.01. The molecule has 162 valence electrons. The highest BCUT2D eigenvalue weighted by Crippen LogP contribution is 2.36. The molecule has 0 saturated carbocycles. The number of amides is 1. The van der Waals surface area contributed by atoms with Crippen molar-refractivity contribution in [3.8, 4) is 11.4 Å². The zero-order valence-corrected chi connectivity index (χ0v) is 20.1. The normalized spacial score (nSPS) is 15.9. The fourth-order valence-electron chi connectivity index (χ4n) is 3.73. The standard InChI is InChI=1S/C23H21N5OS3/c1-15-7-3-4-8-16(15)22-24-25-23(27(22)2)32-14-21(29)28-18(20-10-6-12-31-20)13-17(26-28)19-9-5-11-30-19/h3-12,18H,13-14H2,1-2H3. The molecule has 3 aromatic heterocycles. The van der Waals surface area contributed by atoms with Gasteiger partial charge in [-0.1, -0.05) is 48.2 Å². The summed E-state index contributed by atoms with van der Waals surface area (Å²) in [6, 6.07) is 16.2. The van der Waals surface area contributed by atoms with E-state index in [1.807, 2.05) is 52.7 Å². The summed E-state index contributed by atoms with van der Waals surface area (Å²) in [7, 11) is 1.94. The summed E-state index contributed by atoms with van der Waals surface area (Å²) >= 11 is 4.71. The summed E-state index contributed by atoms with van der Waals surface area (Å²) in [5.74, 6) is 1.03. The zero-order chi connectivity index (χ0) is 22.1. The summed E-state index contributed by atoms with van der Waals surface area (Å²) in [5, 5.41) is 19.9. The molecule has 0 fully saturated rings. The maximum atomic E-state index is 13.2. The molecule has 1 unspecified atom stereocenters. The SMILES string of the molecule is Cc1ccccc1-c1nnc(SCC(=O)N2N=C(c3cccs3)CC2c2cccs2)n1C. The summed E-state index contributed by atoms with van der Waals surface area (Å²) in [6.07, 6.45) is 0.735. The molecule has 0 aliphatic carbocycles. The number of rotatable bonds is 6. The van der Waals surface area contributed by atoms with E-state index >= 15 is 0 Å². The summed E-state index contributed by atoms with van der Waals surface area (Å²) in [5.41, 5.74) is 3.15. The van der Waals surface area contributed by atoms with Crippen LogP contribution in [0.1, 0.15) is 27.8 Å². The average Bonchev–Trinajstić information content (AvgIpc) is 3.59. The van der Waals surface area contributed by atoms with Gasteiger partial charge in [0.1, 0.15) is 0 Å². The maximum Gasteiger partial charge on any atom is 0.253 e. The average molecular weight is 480 g/mol. The lowest BCUT2D eigenvalue weighted by molar-refractivity contribution is -0.130. The van der Waals surface area contributed by atoms with Crippen molar-refractivity contribution in [2.75, 3.05) is 5.75 Å². The predicted molar refractivity (Wildman–Crippen MR) is 131 cm³/mol. The molecule has 0 bridgehead atoms. The van der Waals surface area contributed by atoms with E-state index in [2.05, 4.69) is 35.3 Å². The van der Waals surface area contributed by atoms with Gasteiger partial charge in [0.05, 0.1) is 22.4 Å². The topological polar surface area (TPSA) is 63.4 Å². The number of hydrogen-bond donors (Lipinski definition) is 0. The van der Waals surface area contributed by atoms with Crippen molar-refractivity contribution in [3.63, 3.8) is 0 Å². The lowest BCUT2D eigenvalue weighted by Crippen LogP contribution is -2.28. The number of thiophene rings is 2. The van der Waals surface area contributed by atoms with Crippen LogP contribution in [-0.4, -0.2) is 37.1 Å². The smallest absolute Gasteiger partial charge is 0.253 e. The Balaban J connectivity index is 1.34. The number of benzene rings is 1. The lowest BCUT2D eigenvalue weighted by Gasteiger charge is -2.20. The molecule has 0 N–H and O–H groups in total. The molecular weight excluding hydrogens is 458 g/mol. The predicted octanol–water partition coefficient (Wildman–Crippen LogP) is 5.38. The van der Waals surface area contributed by atoms with Gasteiger partial charge in [0.25, 0.3) is 5.91 Å². The monoisotopic (exact) mass is 479 g/mol. The minimum atomic E-state index is -0.0535. The van der Waals surface area contributed by atoms with Gasteiger partial charge in [0.2, 0.25) is 0 Å². The van der Waals surface area contributed by atoms with Gasteiger partial charge >= 0.3 is 0 Å². The molecule has 4 heterocycles. The summed E-state index contributed by atoms with van der Waals surface area (Å²) < 4.78 is 1.95. The Bertz CT molecular complexity index is 1260. The van der Waals surface area contributed by atoms with Gasteiger partial charge in [-0.05, 0) is 35.4 Å². The molecule has 1 aromatic carbocycles. The molecular formula is C23H21N5OS3. The molecule has 1 amide bonds. The van der Waals surface area contributed by atoms with Crippen LogP contribution in [0.5, 0.6) is 0 Å². The Kier molecular flexibility index (Phi) is 5.95. The Labute approximate surface area is 198 Å². The van der Waals surface area contributed by atoms with Gasteiger partial charge in [-0.3, -0.25) is 4.79 Å². The van der Waals surface area contributed by atoms with Gasteiger partial charge < -0.3 is 4.57 Å². The fraction of sp³-hybridized carbons (Fsp3) is 0.217. The second-order valence-electron chi connectivity index (χ2n) is 7.47. The minimum Gasteiger partial charge on any atom is -0.305 e. The number of carbonyl (C=O) groups is 1. The van der Waals surface area contributed by atoms with Crippen LogP contribution < -0.4 is 0 Å². The number of thioether (sulfide) groups is 1. The van der Waals surface area contributed by atoms with E-state index in [1.54, 1.807) is 27.7 Å². The van der Waals surface area contributed by atoms with Crippen molar-refractivity contribution in [1.82, 2.24) is 19.8 Å². The first-order valence-electron chi connectivity index (χ1n) is 10.2. The summed E-state index contributed by atoms with van der Waals surface area (Å²) in [4.78, 5) is 15.5. The fourth-order valence-corrected chi connectivity index (χ4v) is 6.02. The van der Waals surface area contributed by atoms with Crippen LogP contribution >= 0.6 is 34.4 Å². The molecule has 0 radical (unpaired) electrons. The van der Waals surface area contributed by atoms with E-state index in [9.17, 15) is 4.79 Å². The van der Waals surface area contributed by atoms with E-state index in [1.165, 1.54) is 11.8 Å². The number of carbonyl (C=O) groups excluding carboxylic acids is 1. The summed E-state index contributed by atoms with van der Waals surface area (Å²) in [6.45, 7) is 2.06. The molecule has 32 heavy (non-hydrogen) atoms. The van der Waals surface area contributed by atoms with Crippen molar-refractivity contribution >= 4 is 46.1 Å². The van der Waals surface area contributed by atoms with E-state index in [0.717, 1.165) is 38.8 Å². The highest BCUT2D eigenvalue weighted by atomic mass is 32.2. The van der Waals surface area contributed by atoms with Crippen LogP contribution in [0.2, 0.25) is 0 Å². The third-order valence-corrected chi connectivity index (χ3v) is 8.29. The number of aryl methyl sites for hydroxylation is 1. The third-order valence-electron chi connectivity index (χ3n) is 5.39. The van der Waals surface area contributed by atoms with E-state index in [4.69, 9.17) is 5.10 Å². The number of hydrogen-bond acceptors (Lipinski definition) is 7. The molecule has 0 spiro atoms.